The molecule has 0 amide bonds. The number of hydrogen-bond acceptors (Lipinski definition) is 1. The van der Waals surface area contributed by atoms with Crippen LogP contribution in [0.1, 0.15) is 51.7 Å². The van der Waals surface area contributed by atoms with E-state index in [9.17, 15) is 0 Å². The van der Waals surface area contributed by atoms with Crippen molar-refractivity contribution in [2.75, 3.05) is 6.61 Å². The van der Waals surface area contributed by atoms with Crippen molar-refractivity contribution in [1.82, 2.24) is 0 Å². The molecule has 3 rings (SSSR count). The van der Waals surface area contributed by atoms with Crippen molar-refractivity contribution in [3.63, 3.8) is 0 Å². The minimum Gasteiger partial charge on any atom is -0.377 e. The van der Waals surface area contributed by atoms with Crippen molar-refractivity contribution in [1.29, 1.82) is 0 Å². The van der Waals surface area contributed by atoms with Crippen LogP contribution in [0.4, 0.5) is 0 Å². The predicted molar refractivity (Wildman–Crippen MR) is 79.4 cm³/mol. The maximum absolute atomic E-state index is 6.19. The minimum atomic E-state index is 0.235. The summed E-state index contributed by atoms with van der Waals surface area (Å²) in [4.78, 5) is 0. The van der Waals surface area contributed by atoms with Gasteiger partial charge in [0.25, 0.3) is 0 Å². The Morgan fingerprint density at radius 3 is 2.68 bits per heavy atom. The van der Waals surface area contributed by atoms with Crippen molar-refractivity contribution in [3.05, 3.63) is 35.4 Å². The third-order valence-corrected chi connectivity index (χ3v) is 5.31. The standard InChI is InChI=1S/C18H26O/c1-17(2,3)16-15-10-9-13-7-5-6-8-14(13)18(15,4)11-12-19-16/h5-8,15-16H,9-12H2,1-4H3/t15-,16+,18+/m0/s1. The fraction of sp³-hybridized carbons (Fsp3) is 0.667. The topological polar surface area (TPSA) is 9.23 Å². The smallest absolute Gasteiger partial charge is 0.0660 e. The molecule has 0 bridgehead atoms. The van der Waals surface area contributed by atoms with Gasteiger partial charge in [-0.1, -0.05) is 52.0 Å². The number of ether oxygens (including phenoxy) is 1. The predicted octanol–water partition coefficient (Wildman–Crippen LogP) is 4.34. The highest BCUT2D eigenvalue weighted by Gasteiger charge is 2.50. The average molecular weight is 258 g/mol. The summed E-state index contributed by atoms with van der Waals surface area (Å²) in [7, 11) is 0. The van der Waals surface area contributed by atoms with Gasteiger partial charge in [-0.2, -0.15) is 0 Å². The normalized spacial score (nSPS) is 34.5. The molecule has 1 aromatic rings. The van der Waals surface area contributed by atoms with Gasteiger partial charge in [0.05, 0.1) is 6.10 Å². The summed E-state index contributed by atoms with van der Waals surface area (Å²) in [5, 5.41) is 0. The third-order valence-electron chi connectivity index (χ3n) is 5.31. The fourth-order valence-corrected chi connectivity index (χ4v) is 4.30. The van der Waals surface area contributed by atoms with Crippen LogP contribution in [0.5, 0.6) is 0 Å². The van der Waals surface area contributed by atoms with E-state index in [2.05, 4.69) is 52.0 Å². The Balaban J connectivity index is 2.04. The summed E-state index contributed by atoms with van der Waals surface area (Å²) in [6, 6.07) is 9.06. The Morgan fingerprint density at radius 1 is 1.21 bits per heavy atom. The van der Waals surface area contributed by atoms with Gasteiger partial charge in [-0.05, 0) is 41.7 Å². The van der Waals surface area contributed by atoms with E-state index in [4.69, 9.17) is 4.74 Å². The summed E-state index contributed by atoms with van der Waals surface area (Å²) < 4.78 is 6.19. The second-order valence-electron chi connectivity index (χ2n) is 7.63. The molecular formula is C18H26O. The maximum Gasteiger partial charge on any atom is 0.0660 e. The Labute approximate surface area is 117 Å². The molecule has 1 fully saturated rings. The molecule has 0 spiro atoms. The summed E-state index contributed by atoms with van der Waals surface area (Å²) in [5.74, 6) is 0.663. The molecule has 1 saturated heterocycles. The summed E-state index contributed by atoms with van der Waals surface area (Å²) in [6.07, 6.45) is 4.04. The van der Waals surface area contributed by atoms with Crippen LogP contribution in [0.15, 0.2) is 24.3 Å². The van der Waals surface area contributed by atoms with Crippen molar-refractivity contribution in [2.45, 2.75) is 58.5 Å². The highest BCUT2D eigenvalue weighted by atomic mass is 16.5. The van der Waals surface area contributed by atoms with E-state index in [1.54, 1.807) is 11.1 Å². The molecule has 1 aromatic carbocycles. The van der Waals surface area contributed by atoms with E-state index in [1.807, 2.05) is 0 Å². The number of fused-ring (bicyclic) bond motifs is 3. The zero-order valence-electron chi connectivity index (χ0n) is 12.7. The van der Waals surface area contributed by atoms with Crippen LogP contribution in [0.25, 0.3) is 0 Å². The van der Waals surface area contributed by atoms with Crippen LogP contribution in [-0.2, 0) is 16.6 Å². The largest absolute Gasteiger partial charge is 0.377 e. The van der Waals surface area contributed by atoms with Crippen molar-refractivity contribution >= 4 is 0 Å². The molecule has 0 N–H and O–H groups in total. The lowest BCUT2D eigenvalue weighted by molar-refractivity contribution is -0.122. The highest BCUT2D eigenvalue weighted by molar-refractivity contribution is 5.38. The Kier molecular flexibility index (Phi) is 3.01. The second-order valence-corrected chi connectivity index (χ2v) is 7.63. The maximum atomic E-state index is 6.19. The molecule has 19 heavy (non-hydrogen) atoms. The van der Waals surface area contributed by atoms with Crippen LogP contribution < -0.4 is 0 Å². The molecule has 1 aliphatic heterocycles. The van der Waals surface area contributed by atoms with Gasteiger partial charge in [-0.15, -0.1) is 0 Å². The lowest BCUT2D eigenvalue weighted by Gasteiger charge is -2.53. The van der Waals surface area contributed by atoms with Gasteiger partial charge in [0.15, 0.2) is 0 Å². The SMILES string of the molecule is CC(C)(C)[C@@H]1OCC[C@]2(C)c3ccccc3CC[C@@H]12. The third kappa shape index (κ3) is 2.03. The number of rotatable bonds is 0. The highest BCUT2D eigenvalue weighted by Crippen LogP contribution is 2.51. The van der Waals surface area contributed by atoms with Crippen LogP contribution in [0.3, 0.4) is 0 Å². The van der Waals surface area contributed by atoms with E-state index in [0.29, 0.717) is 17.4 Å². The lowest BCUT2D eigenvalue weighted by Crippen LogP contribution is -2.53. The zero-order chi connectivity index (χ0) is 13.7. The number of hydrogen-bond donors (Lipinski definition) is 0. The first-order valence-corrected chi connectivity index (χ1v) is 7.63. The molecule has 1 nitrogen and oxygen atoms in total. The molecule has 104 valence electrons. The van der Waals surface area contributed by atoms with E-state index in [0.717, 1.165) is 6.61 Å². The lowest BCUT2D eigenvalue weighted by atomic mass is 9.57. The Bertz CT molecular complexity index is 471. The number of aryl methyl sites for hydroxylation is 1. The molecule has 2 aliphatic rings. The number of benzene rings is 1. The first-order valence-electron chi connectivity index (χ1n) is 7.63. The summed E-state index contributed by atoms with van der Waals surface area (Å²) in [5.41, 5.74) is 3.70. The average Bonchev–Trinajstić information content (AvgIpc) is 2.36. The van der Waals surface area contributed by atoms with E-state index >= 15 is 0 Å². The van der Waals surface area contributed by atoms with Gasteiger partial charge in [-0.3, -0.25) is 0 Å². The van der Waals surface area contributed by atoms with Crippen molar-refractivity contribution in [2.24, 2.45) is 11.3 Å². The van der Waals surface area contributed by atoms with E-state index in [-0.39, 0.29) is 5.41 Å². The van der Waals surface area contributed by atoms with Crippen LogP contribution in [0.2, 0.25) is 0 Å². The second kappa shape index (κ2) is 4.34. The zero-order valence-corrected chi connectivity index (χ0v) is 12.7. The monoisotopic (exact) mass is 258 g/mol. The van der Waals surface area contributed by atoms with E-state index < -0.39 is 0 Å². The van der Waals surface area contributed by atoms with Gasteiger partial charge in [-0.25, -0.2) is 0 Å². The van der Waals surface area contributed by atoms with Gasteiger partial charge in [0, 0.05) is 12.0 Å². The molecule has 0 saturated carbocycles. The molecule has 1 heterocycles. The summed E-state index contributed by atoms with van der Waals surface area (Å²) in [6.45, 7) is 10.3. The van der Waals surface area contributed by atoms with Crippen molar-refractivity contribution < 1.29 is 4.74 Å². The van der Waals surface area contributed by atoms with Gasteiger partial charge >= 0.3 is 0 Å². The minimum absolute atomic E-state index is 0.235. The molecule has 0 radical (unpaired) electrons. The first-order chi connectivity index (χ1) is 8.93. The summed E-state index contributed by atoms with van der Waals surface area (Å²) >= 11 is 0. The van der Waals surface area contributed by atoms with Crippen molar-refractivity contribution in [3.8, 4) is 0 Å². The first kappa shape index (κ1) is 13.2. The van der Waals surface area contributed by atoms with Gasteiger partial charge in [0.1, 0.15) is 0 Å². The Hall–Kier alpha value is -0.820. The van der Waals surface area contributed by atoms with E-state index in [1.165, 1.54) is 19.3 Å². The van der Waals surface area contributed by atoms with Gasteiger partial charge in [0.2, 0.25) is 0 Å². The molecule has 3 atom stereocenters. The quantitative estimate of drug-likeness (QED) is 0.672. The van der Waals surface area contributed by atoms with Crippen LogP contribution in [-0.4, -0.2) is 12.7 Å². The molecule has 0 unspecified atom stereocenters. The molecule has 1 heteroatoms. The molecular weight excluding hydrogens is 232 g/mol. The van der Waals surface area contributed by atoms with Crippen LogP contribution in [0, 0.1) is 11.3 Å². The molecule has 1 aliphatic carbocycles. The fourth-order valence-electron chi connectivity index (χ4n) is 4.30. The molecule has 0 aromatic heterocycles. The van der Waals surface area contributed by atoms with Crippen LogP contribution >= 0.6 is 0 Å². The van der Waals surface area contributed by atoms with Gasteiger partial charge < -0.3 is 4.74 Å². The Morgan fingerprint density at radius 2 is 1.95 bits per heavy atom.